The molecule has 7 nitrogen and oxygen atoms in total. The zero-order valence-electron chi connectivity index (χ0n) is 18.0. The first-order valence-electron chi connectivity index (χ1n) is 10.7. The Morgan fingerprint density at radius 1 is 1.20 bits per heavy atom. The standard InChI is InChI=1S/C23H29N5O2/c1-16-20(17(2)27(3)25-16)12-14-22(29)28-15-7-10-19(28)11-13-21-24-23(30-26-21)18-8-5-4-6-9-18/h4-6,8-9,19H,7,10-15H2,1-3H3. The van der Waals surface area contributed by atoms with E-state index in [2.05, 4.69) is 27.1 Å². The van der Waals surface area contributed by atoms with Gasteiger partial charge in [0, 0.05) is 43.7 Å². The maximum Gasteiger partial charge on any atom is 0.257 e. The van der Waals surface area contributed by atoms with E-state index >= 15 is 0 Å². The Labute approximate surface area is 177 Å². The number of carbonyl (C=O) groups is 1. The molecule has 0 spiro atoms. The summed E-state index contributed by atoms with van der Waals surface area (Å²) in [7, 11) is 1.95. The van der Waals surface area contributed by atoms with Crippen LogP contribution in [0.2, 0.25) is 0 Å². The van der Waals surface area contributed by atoms with Crippen LogP contribution in [0, 0.1) is 13.8 Å². The summed E-state index contributed by atoms with van der Waals surface area (Å²) in [4.78, 5) is 19.5. The number of aromatic nitrogens is 4. The molecule has 7 heteroatoms. The third kappa shape index (κ3) is 4.30. The van der Waals surface area contributed by atoms with Crippen LogP contribution in [-0.4, -0.2) is 43.3 Å². The molecule has 3 heterocycles. The van der Waals surface area contributed by atoms with Gasteiger partial charge in [-0.25, -0.2) is 0 Å². The Balaban J connectivity index is 1.32. The van der Waals surface area contributed by atoms with Crippen LogP contribution in [0.1, 0.15) is 48.5 Å². The number of benzene rings is 1. The minimum absolute atomic E-state index is 0.234. The molecule has 0 aliphatic carbocycles. The summed E-state index contributed by atoms with van der Waals surface area (Å²) in [5.74, 6) is 1.49. The van der Waals surface area contributed by atoms with Crippen LogP contribution in [0.3, 0.4) is 0 Å². The van der Waals surface area contributed by atoms with Crippen LogP contribution in [0.25, 0.3) is 11.5 Å². The first kappa shape index (κ1) is 20.3. The number of aryl methyl sites for hydroxylation is 3. The van der Waals surface area contributed by atoms with Crippen molar-refractivity contribution in [3.8, 4) is 11.5 Å². The minimum Gasteiger partial charge on any atom is -0.340 e. The summed E-state index contributed by atoms with van der Waals surface area (Å²) >= 11 is 0. The van der Waals surface area contributed by atoms with Gasteiger partial charge in [0.15, 0.2) is 5.82 Å². The van der Waals surface area contributed by atoms with Gasteiger partial charge in [-0.2, -0.15) is 10.1 Å². The van der Waals surface area contributed by atoms with E-state index in [-0.39, 0.29) is 11.9 Å². The number of nitrogens with zero attached hydrogens (tertiary/aromatic N) is 5. The van der Waals surface area contributed by atoms with Gasteiger partial charge < -0.3 is 9.42 Å². The summed E-state index contributed by atoms with van der Waals surface area (Å²) in [6, 6.07) is 10.0. The Morgan fingerprint density at radius 2 is 2.00 bits per heavy atom. The molecule has 4 rings (SSSR count). The van der Waals surface area contributed by atoms with Crippen molar-refractivity contribution < 1.29 is 9.32 Å². The SMILES string of the molecule is Cc1nn(C)c(C)c1CCC(=O)N1CCCC1CCc1noc(-c2ccccc2)n1. The number of rotatable bonds is 7. The topological polar surface area (TPSA) is 77.0 Å². The van der Waals surface area contributed by atoms with Crippen molar-refractivity contribution in [3.63, 3.8) is 0 Å². The van der Waals surface area contributed by atoms with Crippen LogP contribution >= 0.6 is 0 Å². The largest absolute Gasteiger partial charge is 0.340 e. The average molecular weight is 408 g/mol. The lowest BCUT2D eigenvalue weighted by atomic mass is 10.1. The van der Waals surface area contributed by atoms with Gasteiger partial charge >= 0.3 is 0 Å². The third-order valence-electron chi connectivity index (χ3n) is 6.14. The van der Waals surface area contributed by atoms with Crippen LogP contribution in [0.15, 0.2) is 34.9 Å². The van der Waals surface area contributed by atoms with Gasteiger partial charge in [-0.1, -0.05) is 23.4 Å². The van der Waals surface area contributed by atoms with Gasteiger partial charge in [-0.05, 0) is 57.2 Å². The first-order valence-corrected chi connectivity index (χ1v) is 10.7. The lowest BCUT2D eigenvalue weighted by molar-refractivity contribution is -0.132. The maximum absolute atomic E-state index is 12.9. The molecule has 0 bridgehead atoms. The van der Waals surface area contributed by atoms with Crippen molar-refractivity contribution in [3.05, 3.63) is 53.1 Å². The molecule has 30 heavy (non-hydrogen) atoms. The summed E-state index contributed by atoms with van der Waals surface area (Å²) in [6.45, 7) is 4.92. The molecule has 1 amide bonds. The number of amides is 1. The van der Waals surface area contributed by atoms with Crippen LogP contribution in [0.5, 0.6) is 0 Å². The molecule has 1 fully saturated rings. The van der Waals surface area contributed by atoms with E-state index in [9.17, 15) is 4.79 Å². The van der Waals surface area contributed by atoms with Gasteiger partial charge in [-0.3, -0.25) is 9.48 Å². The highest BCUT2D eigenvalue weighted by atomic mass is 16.5. The summed E-state index contributed by atoms with van der Waals surface area (Å²) in [6.07, 6.45) is 4.96. The fourth-order valence-corrected chi connectivity index (χ4v) is 4.37. The monoisotopic (exact) mass is 407 g/mol. The first-order chi connectivity index (χ1) is 14.5. The molecule has 1 aliphatic heterocycles. The third-order valence-corrected chi connectivity index (χ3v) is 6.14. The molecule has 0 saturated carbocycles. The molecular weight excluding hydrogens is 378 g/mol. The van der Waals surface area contributed by atoms with Crippen molar-refractivity contribution >= 4 is 5.91 Å². The highest BCUT2D eigenvalue weighted by molar-refractivity contribution is 5.77. The Morgan fingerprint density at radius 3 is 2.73 bits per heavy atom. The van der Waals surface area contributed by atoms with Crippen molar-refractivity contribution in [1.29, 1.82) is 0 Å². The smallest absolute Gasteiger partial charge is 0.257 e. The van der Waals surface area contributed by atoms with Crippen LogP contribution < -0.4 is 0 Å². The quantitative estimate of drug-likeness (QED) is 0.598. The van der Waals surface area contributed by atoms with Gasteiger partial charge in [0.1, 0.15) is 0 Å². The zero-order chi connectivity index (χ0) is 21.1. The van der Waals surface area contributed by atoms with Crippen molar-refractivity contribution in [2.45, 2.75) is 58.4 Å². The highest BCUT2D eigenvalue weighted by Crippen LogP contribution is 2.24. The molecule has 1 aliphatic rings. The Kier molecular flexibility index (Phi) is 5.97. The van der Waals surface area contributed by atoms with Crippen LogP contribution in [0.4, 0.5) is 0 Å². The molecule has 158 valence electrons. The Hall–Kier alpha value is -2.96. The molecule has 0 N–H and O–H groups in total. The van der Waals surface area contributed by atoms with Crippen molar-refractivity contribution in [2.75, 3.05) is 6.54 Å². The molecular formula is C23H29N5O2. The van der Waals surface area contributed by atoms with E-state index < -0.39 is 0 Å². The van der Waals surface area contributed by atoms with Gasteiger partial charge in [-0.15, -0.1) is 0 Å². The normalized spacial score (nSPS) is 16.4. The van der Waals surface area contributed by atoms with Crippen molar-refractivity contribution in [1.82, 2.24) is 24.8 Å². The van der Waals surface area contributed by atoms with E-state index in [1.807, 2.05) is 49.0 Å². The number of hydrogen-bond donors (Lipinski definition) is 0. The van der Waals surface area contributed by atoms with Gasteiger partial charge in [0.05, 0.1) is 5.69 Å². The molecule has 3 aromatic rings. The van der Waals surface area contributed by atoms with E-state index in [0.717, 1.165) is 49.2 Å². The summed E-state index contributed by atoms with van der Waals surface area (Å²) in [5.41, 5.74) is 4.29. The predicted octanol–water partition coefficient (Wildman–Crippen LogP) is 3.64. The van der Waals surface area contributed by atoms with E-state index in [4.69, 9.17) is 4.52 Å². The lowest BCUT2D eigenvalue weighted by Crippen LogP contribution is -2.36. The molecule has 1 unspecified atom stereocenters. The van der Waals surface area contributed by atoms with Gasteiger partial charge in [0.2, 0.25) is 5.91 Å². The van der Waals surface area contributed by atoms with E-state index in [1.165, 1.54) is 5.56 Å². The molecule has 2 aromatic heterocycles. The second-order valence-electron chi connectivity index (χ2n) is 8.08. The highest BCUT2D eigenvalue weighted by Gasteiger charge is 2.29. The zero-order valence-corrected chi connectivity index (χ0v) is 18.0. The van der Waals surface area contributed by atoms with Crippen molar-refractivity contribution in [2.24, 2.45) is 7.05 Å². The van der Waals surface area contributed by atoms with Crippen LogP contribution in [-0.2, 0) is 24.7 Å². The van der Waals surface area contributed by atoms with E-state index in [0.29, 0.717) is 24.6 Å². The fraction of sp³-hybridized carbons (Fsp3) is 0.478. The Bertz CT molecular complexity index is 1010. The second kappa shape index (κ2) is 8.81. The van der Waals surface area contributed by atoms with E-state index in [1.54, 1.807) is 0 Å². The summed E-state index contributed by atoms with van der Waals surface area (Å²) < 4.78 is 7.29. The molecule has 1 saturated heterocycles. The fourth-order valence-electron chi connectivity index (χ4n) is 4.37. The average Bonchev–Trinajstić information content (AvgIpc) is 3.46. The minimum atomic E-state index is 0.234. The molecule has 1 atom stereocenters. The lowest BCUT2D eigenvalue weighted by Gasteiger charge is -2.24. The molecule has 0 radical (unpaired) electrons. The number of hydrogen-bond acceptors (Lipinski definition) is 5. The molecule has 1 aromatic carbocycles. The predicted molar refractivity (Wildman–Crippen MR) is 114 cm³/mol. The second-order valence-corrected chi connectivity index (χ2v) is 8.08. The number of likely N-dealkylation sites (tertiary alicyclic amines) is 1. The summed E-state index contributed by atoms with van der Waals surface area (Å²) in [5, 5.41) is 8.58. The number of carbonyl (C=O) groups excluding carboxylic acids is 1. The maximum atomic E-state index is 12.9. The van der Waals surface area contributed by atoms with Gasteiger partial charge in [0.25, 0.3) is 5.89 Å².